The van der Waals surface area contributed by atoms with Gasteiger partial charge < -0.3 is 15.3 Å². The van der Waals surface area contributed by atoms with Crippen molar-refractivity contribution in [1.82, 2.24) is 0 Å². The van der Waals surface area contributed by atoms with Gasteiger partial charge in [0.15, 0.2) is 5.66 Å². The molecule has 0 unspecified atom stereocenters. The maximum absolute atomic E-state index is 10.8. The lowest BCUT2D eigenvalue weighted by molar-refractivity contribution is -0.00574. The lowest BCUT2D eigenvalue weighted by Gasteiger charge is -2.31. The van der Waals surface area contributed by atoms with Crippen LogP contribution in [0.15, 0.2) is 34.3 Å². The van der Waals surface area contributed by atoms with Crippen LogP contribution in [0.25, 0.3) is 0 Å². The van der Waals surface area contributed by atoms with Gasteiger partial charge in [-0.25, -0.2) is 9.59 Å². The Morgan fingerprint density at radius 1 is 0.913 bits per heavy atom. The molecule has 0 atom stereocenters. The molecule has 0 heterocycles. The molecule has 0 amide bonds. The van der Waals surface area contributed by atoms with Crippen LogP contribution >= 0.6 is 0 Å². The molecule has 3 N–H and O–H groups in total. The average Bonchev–Trinajstić information content (AvgIpc) is 2.57. The minimum Gasteiger partial charge on any atom is -0.396 e. The molecular weight excluding hydrogens is 300 g/mol. The highest BCUT2D eigenvalue weighted by Crippen LogP contribution is 2.36. The first-order chi connectivity index (χ1) is 11.0. The van der Waals surface area contributed by atoms with Gasteiger partial charge in [0.1, 0.15) is 0 Å². The van der Waals surface area contributed by atoms with E-state index in [1.165, 1.54) is 12.2 Å². The number of nitrogens with zero attached hydrogens (tertiary/aromatic N) is 2. The van der Waals surface area contributed by atoms with Gasteiger partial charge in [-0.05, 0) is 19.8 Å². The van der Waals surface area contributed by atoms with Gasteiger partial charge in [-0.2, -0.15) is 9.98 Å². The predicted octanol–water partition coefficient (Wildman–Crippen LogP) is 0.563. The third-order valence-electron chi connectivity index (χ3n) is 3.99. The summed E-state index contributed by atoms with van der Waals surface area (Å²) in [6, 6.07) is 6.91. The second kappa shape index (κ2) is 8.48. The fourth-order valence-electron chi connectivity index (χ4n) is 2.21. The van der Waals surface area contributed by atoms with Crippen molar-refractivity contribution < 1.29 is 24.9 Å². The number of rotatable bonds is 9. The molecular formula is C16H20N2O5. The van der Waals surface area contributed by atoms with Crippen LogP contribution in [0, 0.1) is 12.3 Å². The summed E-state index contributed by atoms with van der Waals surface area (Å²) in [5.41, 5.74) is -1.24. The van der Waals surface area contributed by atoms with Crippen LogP contribution in [0.4, 0.5) is 0 Å². The number of aliphatic hydroxyl groups excluding tert-OH is 3. The fourth-order valence-corrected chi connectivity index (χ4v) is 2.21. The molecule has 0 saturated heterocycles. The Hall–Kier alpha value is -2.14. The summed E-state index contributed by atoms with van der Waals surface area (Å²) in [5, 5.41) is 28.2. The Kier molecular flexibility index (Phi) is 6.97. The SMILES string of the molecule is Cc1ccc(C(CCC(CO)(CO)CO)(N=C=O)N=C=O)cc1. The van der Waals surface area contributed by atoms with E-state index in [1.54, 1.807) is 24.3 Å². The monoisotopic (exact) mass is 320 g/mol. The van der Waals surface area contributed by atoms with E-state index in [2.05, 4.69) is 9.98 Å². The normalized spacial score (nSPS) is 13.6. The lowest BCUT2D eigenvalue weighted by Crippen LogP contribution is -2.36. The first kappa shape index (κ1) is 18.9. The van der Waals surface area contributed by atoms with Crippen LogP contribution < -0.4 is 0 Å². The van der Waals surface area contributed by atoms with Crippen molar-refractivity contribution in [2.24, 2.45) is 15.4 Å². The van der Waals surface area contributed by atoms with Crippen LogP contribution in [0.1, 0.15) is 24.0 Å². The van der Waals surface area contributed by atoms with E-state index in [0.717, 1.165) is 5.56 Å². The molecule has 0 saturated carbocycles. The molecule has 0 fully saturated rings. The Morgan fingerprint density at radius 3 is 1.78 bits per heavy atom. The summed E-state index contributed by atoms with van der Waals surface area (Å²) in [6.07, 6.45) is 2.92. The number of aryl methyl sites for hydroxylation is 1. The van der Waals surface area contributed by atoms with Crippen LogP contribution in [-0.2, 0) is 15.3 Å². The Balaban J connectivity index is 3.27. The van der Waals surface area contributed by atoms with E-state index >= 15 is 0 Å². The topological polar surface area (TPSA) is 120 Å². The summed E-state index contributed by atoms with van der Waals surface area (Å²) in [7, 11) is 0. The average molecular weight is 320 g/mol. The molecule has 1 rings (SSSR count). The zero-order chi connectivity index (χ0) is 17.3. The Bertz CT molecular complexity index is 571. The predicted molar refractivity (Wildman–Crippen MR) is 82.0 cm³/mol. The van der Waals surface area contributed by atoms with Crippen molar-refractivity contribution in [3.63, 3.8) is 0 Å². The van der Waals surface area contributed by atoms with Gasteiger partial charge in [0.05, 0.1) is 19.8 Å². The van der Waals surface area contributed by atoms with E-state index in [4.69, 9.17) is 0 Å². The maximum atomic E-state index is 10.8. The van der Waals surface area contributed by atoms with E-state index < -0.39 is 30.9 Å². The van der Waals surface area contributed by atoms with E-state index in [0.29, 0.717) is 5.56 Å². The van der Waals surface area contributed by atoms with Gasteiger partial charge in [-0.3, -0.25) is 0 Å². The third kappa shape index (κ3) is 4.42. The molecule has 1 aromatic carbocycles. The second-order valence-corrected chi connectivity index (χ2v) is 5.56. The maximum Gasteiger partial charge on any atom is 0.237 e. The van der Waals surface area contributed by atoms with Crippen molar-refractivity contribution in [1.29, 1.82) is 0 Å². The van der Waals surface area contributed by atoms with Gasteiger partial charge in [0.2, 0.25) is 12.2 Å². The Morgan fingerprint density at radius 2 is 1.39 bits per heavy atom. The van der Waals surface area contributed by atoms with Gasteiger partial charge >= 0.3 is 0 Å². The molecule has 1 aromatic rings. The molecule has 0 radical (unpaired) electrons. The highest BCUT2D eigenvalue weighted by molar-refractivity contribution is 5.43. The second-order valence-electron chi connectivity index (χ2n) is 5.56. The van der Waals surface area contributed by atoms with Crippen LogP contribution in [0.3, 0.4) is 0 Å². The molecule has 124 valence electrons. The van der Waals surface area contributed by atoms with Crippen molar-refractivity contribution in [2.45, 2.75) is 25.4 Å². The molecule has 7 heteroatoms. The zero-order valence-corrected chi connectivity index (χ0v) is 12.9. The van der Waals surface area contributed by atoms with Crippen LogP contribution in [-0.4, -0.2) is 47.3 Å². The number of benzene rings is 1. The van der Waals surface area contributed by atoms with Gasteiger partial charge in [-0.15, -0.1) is 0 Å². The summed E-state index contributed by atoms with van der Waals surface area (Å²) >= 11 is 0. The van der Waals surface area contributed by atoms with E-state index in [-0.39, 0.29) is 12.8 Å². The third-order valence-corrected chi connectivity index (χ3v) is 3.99. The number of isocyanates is 2. The first-order valence-electron chi connectivity index (χ1n) is 7.09. The summed E-state index contributed by atoms with van der Waals surface area (Å²) in [4.78, 5) is 29.0. The fraction of sp³-hybridized carbons (Fsp3) is 0.500. The molecule has 0 aromatic heterocycles. The number of aliphatic hydroxyl groups is 3. The van der Waals surface area contributed by atoms with Crippen LogP contribution in [0.2, 0.25) is 0 Å². The minimum absolute atomic E-state index is 0.0161. The largest absolute Gasteiger partial charge is 0.396 e. The van der Waals surface area contributed by atoms with Crippen molar-refractivity contribution >= 4 is 12.2 Å². The molecule has 0 aliphatic heterocycles. The lowest BCUT2D eigenvalue weighted by atomic mass is 9.81. The number of aliphatic imine (C=N–C) groups is 2. The van der Waals surface area contributed by atoms with Gasteiger partial charge in [0, 0.05) is 11.0 Å². The Labute approximate surface area is 134 Å². The van der Waals surface area contributed by atoms with Gasteiger partial charge in [0.25, 0.3) is 0 Å². The molecule has 0 bridgehead atoms. The summed E-state index contributed by atoms with van der Waals surface area (Å²) < 4.78 is 0. The highest BCUT2D eigenvalue weighted by atomic mass is 16.3. The zero-order valence-electron chi connectivity index (χ0n) is 12.9. The highest BCUT2D eigenvalue weighted by Gasteiger charge is 2.37. The molecule has 0 aliphatic rings. The van der Waals surface area contributed by atoms with E-state index in [9.17, 15) is 24.9 Å². The summed E-state index contributed by atoms with van der Waals surface area (Å²) in [6.45, 7) is 0.504. The molecule has 0 aliphatic carbocycles. The number of hydrogen-bond acceptors (Lipinski definition) is 7. The molecule has 23 heavy (non-hydrogen) atoms. The smallest absolute Gasteiger partial charge is 0.237 e. The van der Waals surface area contributed by atoms with Crippen molar-refractivity contribution in [3.8, 4) is 0 Å². The van der Waals surface area contributed by atoms with Gasteiger partial charge in [-0.1, -0.05) is 29.8 Å². The van der Waals surface area contributed by atoms with Crippen LogP contribution in [0.5, 0.6) is 0 Å². The first-order valence-corrected chi connectivity index (χ1v) is 7.09. The number of carbonyl (C=O) groups excluding carboxylic acids is 2. The standard InChI is InChI=1S/C16H20N2O5/c1-13-2-4-14(5-3-13)16(17-11-22,18-12-23)7-6-15(8-19,9-20)10-21/h2-5,19-21H,6-10H2,1H3. The molecule has 0 spiro atoms. The van der Waals surface area contributed by atoms with E-state index in [1.807, 2.05) is 6.92 Å². The summed E-state index contributed by atoms with van der Waals surface area (Å²) in [5.74, 6) is 0. The quantitative estimate of drug-likeness (QED) is 0.454. The van der Waals surface area contributed by atoms with Crippen molar-refractivity contribution in [2.75, 3.05) is 19.8 Å². The van der Waals surface area contributed by atoms with Crippen molar-refractivity contribution in [3.05, 3.63) is 35.4 Å². The molecule has 7 nitrogen and oxygen atoms in total. The minimum atomic E-state index is -1.54. The number of hydrogen-bond donors (Lipinski definition) is 3.